The lowest BCUT2D eigenvalue weighted by Crippen LogP contribution is -2.41. The Morgan fingerprint density at radius 1 is 1.06 bits per heavy atom. The van der Waals surface area contributed by atoms with Crippen molar-refractivity contribution in [3.8, 4) is 11.5 Å². The number of anilines is 1. The van der Waals surface area contributed by atoms with E-state index < -0.39 is 11.8 Å². The lowest BCUT2D eigenvalue weighted by molar-refractivity contribution is -0.139. The molecule has 0 aliphatic heterocycles. The number of hydrogen-bond acceptors (Lipinski definition) is 6. The summed E-state index contributed by atoms with van der Waals surface area (Å²) < 4.78 is 11.9. The van der Waals surface area contributed by atoms with Gasteiger partial charge in [-0.3, -0.25) is 14.4 Å². The van der Waals surface area contributed by atoms with Crippen LogP contribution in [0.25, 0.3) is 0 Å². The molecule has 188 valence electrons. The summed E-state index contributed by atoms with van der Waals surface area (Å²) in [5.41, 5.74) is 4.64. The van der Waals surface area contributed by atoms with Gasteiger partial charge in [0.1, 0.15) is 0 Å². The molecule has 1 atom stereocenters. The Morgan fingerprint density at radius 3 is 2.40 bits per heavy atom. The molecule has 0 aliphatic rings. The summed E-state index contributed by atoms with van der Waals surface area (Å²) in [5.74, 6) is -1.17. The van der Waals surface area contributed by atoms with Gasteiger partial charge >= 0.3 is 11.8 Å². The van der Waals surface area contributed by atoms with E-state index in [9.17, 15) is 14.4 Å². The summed E-state index contributed by atoms with van der Waals surface area (Å²) in [6.07, 6.45) is 3.00. The number of benzene rings is 2. The van der Waals surface area contributed by atoms with E-state index in [2.05, 4.69) is 44.0 Å². The molecule has 3 N–H and O–H groups in total. The van der Waals surface area contributed by atoms with Gasteiger partial charge in [0.05, 0.1) is 17.3 Å². The predicted molar refractivity (Wildman–Crippen MR) is 139 cm³/mol. The Labute approximate surface area is 213 Å². The highest BCUT2D eigenvalue weighted by molar-refractivity contribution is 9.10. The molecule has 2 aromatic carbocycles. The van der Waals surface area contributed by atoms with Crippen LogP contribution in [0.1, 0.15) is 45.2 Å². The van der Waals surface area contributed by atoms with Crippen molar-refractivity contribution in [1.29, 1.82) is 0 Å². The van der Waals surface area contributed by atoms with Crippen LogP contribution < -0.4 is 25.5 Å². The van der Waals surface area contributed by atoms with Crippen LogP contribution in [-0.4, -0.2) is 43.2 Å². The third kappa shape index (κ3) is 9.05. The highest BCUT2D eigenvalue weighted by atomic mass is 79.9. The zero-order chi connectivity index (χ0) is 25.8. The molecule has 0 saturated heterocycles. The van der Waals surface area contributed by atoms with E-state index in [4.69, 9.17) is 9.47 Å². The third-order valence-electron chi connectivity index (χ3n) is 4.90. The first kappa shape index (κ1) is 27.8. The number of nitrogens with zero attached hydrogens (tertiary/aromatic N) is 1. The quantitative estimate of drug-likeness (QED) is 0.225. The second kappa shape index (κ2) is 14.1. The van der Waals surface area contributed by atoms with E-state index in [1.165, 1.54) is 11.8 Å². The van der Waals surface area contributed by atoms with Gasteiger partial charge in [-0.2, -0.15) is 5.10 Å². The van der Waals surface area contributed by atoms with Crippen LogP contribution >= 0.6 is 15.9 Å². The van der Waals surface area contributed by atoms with Gasteiger partial charge in [-0.15, -0.1) is 0 Å². The number of carbonyl (C=O) groups is 3. The summed E-state index contributed by atoms with van der Waals surface area (Å²) in [6.45, 7) is 7.74. The highest BCUT2D eigenvalue weighted by Gasteiger charge is 2.16. The number of rotatable bonds is 11. The first-order valence-electron chi connectivity index (χ1n) is 11.4. The molecule has 10 heteroatoms. The normalized spacial score (nSPS) is 11.6. The fourth-order valence-corrected chi connectivity index (χ4v) is 3.41. The molecule has 35 heavy (non-hydrogen) atoms. The molecule has 0 heterocycles. The lowest BCUT2D eigenvalue weighted by atomic mass is 10.1. The van der Waals surface area contributed by atoms with E-state index in [0.29, 0.717) is 40.3 Å². The summed E-state index contributed by atoms with van der Waals surface area (Å²) >= 11 is 3.43. The maximum absolute atomic E-state index is 12.3. The van der Waals surface area contributed by atoms with Crippen molar-refractivity contribution >= 4 is 45.6 Å². The molecular weight excluding hydrogens is 516 g/mol. The van der Waals surface area contributed by atoms with Crippen LogP contribution in [0.15, 0.2) is 46.0 Å². The van der Waals surface area contributed by atoms with Crippen LogP contribution in [0.4, 0.5) is 5.69 Å². The maximum atomic E-state index is 12.3. The van der Waals surface area contributed by atoms with Crippen molar-refractivity contribution in [1.82, 2.24) is 10.7 Å². The first-order chi connectivity index (χ1) is 16.8. The zero-order valence-corrected chi connectivity index (χ0v) is 21.9. The van der Waals surface area contributed by atoms with Gasteiger partial charge in [-0.1, -0.05) is 26.0 Å². The molecule has 0 saturated carbocycles. The van der Waals surface area contributed by atoms with E-state index in [1.807, 2.05) is 38.1 Å². The lowest BCUT2D eigenvalue weighted by Gasteiger charge is -2.14. The number of carbonyl (C=O) groups excluding carboxylic acids is 3. The van der Waals surface area contributed by atoms with Crippen molar-refractivity contribution in [2.75, 3.05) is 18.5 Å². The second-order valence-corrected chi connectivity index (χ2v) is 8.49. The number of ether oxygens (including phenoxy) is 2. The molecule has 0 fully saturated rings. The minimum absolute atomic E-state index is 0.113. The molecule has 0 unspecified atom stereocenters. The molecule has 0 spiro atoms. The van der Waals surface area contributed by atoms with E-state index in [-0.39, 0.29) is 18.6 Å². The SMILES string of the molecule is CCOc1cc(/C=N\NC(=O)C(=O)N[C@@H](C)CC)cc(Br)c1OCC(=O)Nc1ccc(CC)cc1. The van der Waals surface area contributed by atoms with Gasteiger partial charge < -0.3 is 20.1 Å². The Bertz CT molecular complexity index is 1060. The topological polar surface area (TPSA) is 118 Å². The third-order valence-corrected chi connectivity index (χ3v) is 5.49. The fourth-order valence-electron chi connectivity index (χ4n) is 2.83. The minimum atomic E-state index is -0.860. The number of hydrogen-bond donors (Lipinski definition) is 3. The van der Waals surface area contributed by atoms with Gasteiger partial charge in [0, 0.05) is 11.7 Å². The number of halogens is 1. The van der Waals surface area contributed by atoms with Crippen LogP contribution in [0.3, 0.4) is 0 Å². The standard InChI is InChI=1S/C25H31BrN4O5/c1-5-16(4)28-24(32)25(33)30-27-14-18-12-20(26)23(21(13-18)34-7-3)35-15-22(31)29-19-10-8-17(6-2)9-11-19/h8-14,16H,5-7,15H2,1-4H3,(H,28,32)(H,29,31)(H,30,33)/b27-14-/t16-/m0/s1. The van der Waals surface area contributed by atoms with Crippen molar-refractivity contribution in [3.63, 3.8) is 0 Å². The largest absolute Gasteiger partial charge is 0.490 e. The Balaban J connectivity index is 2.02. The Hall–Kier alpha value is -3.40. The molecule has 3 amide bonds. The fraction of sp³-hybridized carbons (Fsp3) is 0.360. The number of nitrogens with one attached hydrogen (secondary N) is 3. The molecule has 2 aromatic rings. The van der Waals surface area contributed by atoms with Crippen molar-refractivity contribution < 1.29 is 23.9 Å². The maximum Gasteiger partial charge on any atom is 0.329 e. The first-order valence-corrected chi connectivity index (χ1v) is 12.2. The monoisotopic (exact) mass is 546 g/mol. The van der Waals surface area contributed by atoms with Gasteiger partial charge in [-0.05, 0) is 78.0 Å². The molecular formula is C25H31BrN4O5. The molecule has 0 aromatic heterocycles. The smallest absolute Gasteiger partial charge is 0.329 e. The van der Waals surface area contributed by atoms with Gasteiger partial charge in [0.2, 0.25) is 0 Å². The molecule has 9 nitrogen and oxygen atoms in total. The van der Waals surface area contributed by atoms with Crippen LogP contribution in [-0.2, 0) is 20.8 Å². The zero-order valence-electron chi connectivity index (χ0n) is 20.3. The minimum Gasteiger partial charge on any atom is -0.490 e. The van der Waals surface area contributed by atoms with E-state index in [1.54, 1.807) is 19.1 Å². The molecule has 2 rings (SSSR count). The van der Waals surface area contributed by atoms with E-state index in [0.717, 1.165) is 6.42 Å². The highest BCUT2D eigenvalue weighted by Crippen LogP contribution is 2.36. The van der Waals surface area contributed by atoms with Gasteiger partial charge in [0.15, 0.2) is 18.1 Å². The number of hydrazone groups is 1. The molecule has 0 bridgehead atoms. The van der Waals surface area contributed by atoms with Gasteiger partial charge in [-0.25, -0.2) is 5.43 Å². The summed E-state index contributed by atoms with van der Waals surface area (Å²) in [7, 11) is 0. The Kier molecular flexibility index (Phi) is 11.2. The molecule has 0 radical (unpaired) electrons. The molecule has 0 aliphatic carbocycles. The van der Waals surface area contributed by atoms with Crippen LogP contribution in [0.2, 0.25) is 0 Å². The van der Waals surface area contributed by atoms with E-state index >= 15 is 0 Å². The van der Waals surface area contributed by atoms with Crippen LogP contribution in [0.5, 0.6) is 11.5 Å². The van der Waals surface area contributed by atoms with Crippen molar-refractivity contribution in [2.24, 2.45) is 5.10 Å². The number of aryl methyl sites for hydroxylation is 1. The van der Waals surface area contributed by atoms with Crippen molar-refractivity contribution in [2.45, 2.75) is 46.6 Å². The average molecular weight is 547 g/mol. The Morgan fingerprint density at radius 2 is 1.77 bits per heavy atom. The average Bonchev–Trinajstić information content (AvgIpc) is 2.84. The second-order valence-electron chi connectivity index (χ2n) is 7.63. The number of amides is 3. The summed E-state index contributed by atoms with van der Waals surface area (Å²) in [6, 6.07) is 10.8. The van der Waals surface area contributed by atoms with Gasteiger partial charge in [0.25, 0.3) is 5.91 Å². The summed E-state index contributed by atoms with van der Waals surface area (Å²) in [5, 5.41) is 9.19. The van der Waals surface area contributed by atoms with Crippen molar-refractivity contribution in [3.05, 3.63) is 52.0 Å². The predicted octanol–water partition coefficient (Wildman–Crippen LogP) is 3.79. The van der Waals surface area contributed by atoms with Crippen LogP contribution in [0, 0.1) is 0 Å². The summed E-state index contributed by atoms with van der Waals surface area (Å²) in [4.78, 5) is 36.0.